The molecule has 0 fully saturated rings. The van der Waals surface area contributed by atoms with Gasteiger partial charge < -0.3 is 37.0 Å². The minimum absolute atomic E-state index is 0.115. The number of nitrogens with one attached hydrogen (secondary N) is 4. The van der Waals surface area contributed by atoms with Gasteiger partial charge in [0.05, 0.1) is 0 Å². The molecule has 7 N–H and O–H groups in total. The fourth-order valence-electron chi connectivity index (χ4n) is 1.91. The summed E-state index contributed by atoms with van der Waals surface area (Å²) in [4.78, 5) is 34.1. The summed E-state index contributed by atoms with van der Waals surface area (Å²) in [6.45, 7) is 12.6. The van der Waals surface area contributed by atoms with Crippen LogP contribution >= 0.6 is 0 Å². The van der Waals surface area contributed by atoms with Gasteiger partial charge in [-0.25, -0.2) is 14.4 Å². The summed E-state index contributed by atoms with van der Waals surface area (Å²) >= 11 is 0. The lowest BCUT2D eigenvalue weighted by molar-refractivity contribution is 0.0997. The van der Waals surface area contributed by atoms with Crippen LogP contribution in [-0.2, 0) is 0 Å². The van der Waals surface area contributed by atoms with Crippen LogP contribution in [0.3, 0.4) is 0 Å². The maximum atomic E-state index is 11.1. The smallest absolute Gasteiger partial charge is 0.407 e. The second-order valence-electron chi connectivity index (χ2n) is 6.67. The molecule has 0 bridgehead atoms. The largest absolute Gasteiger partial charge is 0.465 e. The summed E-state index contributed by atoms with van der Waals surface area (Å²) < 4.78 is 0. The van der Waals surface area contributed by atoms with E-state index < -0.39 is 11.6 Å². The molecular weight excluding hydrogens is 352 g/mol. The Kier molecular flexibility index (Phi) is 16.0. The number of urea groups is 2. The molecule has 0 saturated carbocycles. The van der Waals surface area contributed by atoms with Gasteiger partial charge in [-0.2, -0.15) is 0 Å². The summed E-state index contributed by atoms with van der Waals surface area (Å²) in [6, 6.07) is -0.332. The van der Waals surface area contributed by atoms with Crippen molar-refractivity contribution in [1.29, 1.82) is 0 Å². The van der Waals surface area contributed by atoms with Crippen LogP contribution in [0.1, 0.15) is 47.5 Å². The van der Waals surface area contributed by atoms with Crippen LogP contribution in [0, 0.1) is 0 Å². The van der Waals surface area contributed by atoms with Gasteiger partial charge >= 0.3 is 18.2 Å². The fourth-order valence-corrected chi connectivity index (χ4v) is 1.91. The zero-order valence-electron chi connectivity index (χ0n) is 17.4. The predicted octanol–water partition coefficient (Wildman–Crippen LogP) is 1.13. The van der Waals surface area contributed by atoms with E-state index in [2.05, 4.69) is 21.3 Å². The zero-order valence-corrected chi connectivity index (χ0v) is 17.4. The molecule has 0 heterocycles. The van der Waals surface area contributed by atoms with Gasteiger partial charge in [-0.1, -0.05) is 0 Å². The summed E-state index contributed by atoms with van der Waals surface area (Å²) in [6.07, 6.45) is 0.494. The summed E-state index contributed by atoms with van der Waals surface area (Å²) in [5.74, 6) is 0. The Balaban J connectivity index is 0. The van der Waals surface area contributed by atoms with Crippen molar-refractivity contribution >= 4 is 18.2 Å². The lowest BCUT2D eigenvalue weighted by Crippen LogP contribution is -2.46. The first kappa shape index (κ1) is 27.0. The summed E-state index contributed by atoms with van der Waals surface area (Å²) in [5.41, 5.74) is 4.80. The minimum atomic E-state index is -0.935. The van der Waals surface area contributed by atoms with Gasteiger partial charge in [0.1, 0.15) is 0 Å². The third-order valence-electron chi connectivity index (χ3n) is 3.23. The predicted molar refractivity (Wildman–Crippen MR) is 107 cm³/mol. The molecule has 0 unspecified atom stereocenters. The van der Waals surface area contributed by atoms with E-state index in [1.807, 2.05) is 34.6 Å². The number of hydrogen-bond acceptors (Lipinski definition) is 4. The first-order valence-electron chi connectivity index (χ1n) is 9.34. The standard InChI is InChI=1S/C11H23N3O3.C6H15N3O/c1-5-12-9(15)13-7-6-8-14(10(16)17)11(2,3)4;1-2-8-6(10)9-5-3-4-7/h5-8H2,1-4H3,(H,16,17)(H2,12,13,15);2-5,7H2,1H3,(H2,8,9,10). The molecule has 27 heavy (non-hydrogen) atoms. The van der Waals surface area contributed by atoms with E-state index in [4.69, 9.17) is 10.8 Å². The maximum Gasteiger partial charge on any atom is 0.407 e. The molecule has 5 amide bonds. The third kappa shape index (κ3) is 17.0. The van der Waals surface area contributed by atoms with E-state index in [0.717, 1.165) is 6.42 Å². The van der Waals surface area contributed by atoms with Crippen molar-refractivity contribution in [3.8, 4) is 0 Å². The third-order valence-corrected chi connectivity index (χ3v) is 3.23. The van der Waals surface area contributed by atoms with E-state index >= 15 is 0 Å². The van der Waals surface area contributed by atoms with Crippen molar-refractivity contribution in [3.63, 3.8) is 0 Å². The maximum absolute atomic E-state index is 11.1. The number of nitrogens with two attached hydrogens (primary N) is 1. The van der Waals surface area contributed by atoms with Gasteiger partial charge in [0.15, 0.2) is 0 Å². The number of carbonyl (C=O) groups excluding carboxylic acids is 2. The van der Waals surface area contributed by atoms with Crippen LogP contribution < -0.4 is 27.0 Å². The van der Waals surface area contributed by atoms with Gasteiger partial charge in [0.2, 0.25) is 0 Å². The van der Waals surface area contributed by atoms with Crippen molar-refractivity contribution < 1.29 is 19.5 Å². The summed E-state index contributed by atoms with van der Waals surface area (Å²) in [5, 5.41) is 19.6. The second-order valence-corrected chi connectivity index (χ2v) is 6.67. The minimum Gasteiger partial charge on any atom is -0.465 e. The monoisotopic (exact) mass is 390 g/mol. The van der Waals surface area contributed by atoms with Crippen LogP contribution in [0.25, 0.3) is 0 Å². The molecule has 0 aromatic heterocycles. The Labute approximate surface area is 162 Å². The highest BCUT2D eigenvalue weighted by Gasteiger charge is 2.25. The first-order valence-corrected chi connectivity index (χ1v) is 9.34. The van der Waals surface area contributed by atoms with Crippen LogP contribution in [0.4, 0.5) is 14.4 Å². The average Bonchev–Trinajstić information content (AvgIpc) is 2.54. The molecule has 0 aliphatic carbocycles. The first-order chi connectivity index (χ1) is 12.6. The number of carboxylic acid groups (broad SMARTS) is 1. The number of carbonyl (C=O) groups is 3. The van der Waals surface area contributed by atoms with Crippen LogP contribution in [-0.4, -0.2) is 73.0 Å². The molecule has 160 valence electrons. The molecule has 0 saturated heterocycles. The van der Waals surface area contributed by atoms with E-state index in [0.29, 0.717) is 45.7 Å². The Morgan fingerprint density at radius 3 is 1.67 bits per heavy atom. The molecule has 0 aliphatic rings. The van der Waals surface area contributed by atoms with Gasteiger partial charge in [-0.3, -0.25) is 0 Å². The van der Waals surface area contributed by atoms with Gasteiger partial charge in [0.25, 0.3) is 0 Å². The van der Waals surface area contributed by atoms with E-state index in [1.54, 1.807) is 0 Å². The number of hydrogen-bond donors (Lipinski definition) is 6. The van der Waals surface area contributed by atoms with Crippen LogP contribution in [0.5, 0.6) is 0 Å². The Morgan fingerprint density at radius 1 is 0.889 bits per heavy atom. The SMILES string of the molecule is CCNC(=O)NCCCN.CCNC(=O)NCCCN(C(=O)O)C(C)(C)C. The van der Waals surface area contributed by atoms with E-state index in [1.165, 1.54) is 4.90 Å². The highest BCUT2D eigenvalue weighted by molar-refractivity contribution is 5.74. The molecule has 0 radical (unpaired) electrons. The van der Waals surface area contributed by atoms with E-state index in [-0.39, 0.29) is 12.1 Å². The van der Waals surface area contributed by atoms with E-state index in [9.17, 15) is 14.4 Å². The lowest BCUT2D eigenvalue weighted by atomic mass is 10.1. The Bertz CT molecular complexity index is 426. The molecule has 0 aromatic carbocycles. The van der Waals surface area contributed by atoms with Crippen molar-refractivity contribution in [2.24, 2.45) is 5.73 Å². The number of rotatable bonds is 9. The van der Waals surface area contributed by atoms with Crippen LogP contribution in [0.15, 0.2) is 0 Å². The molecule has 10 heteroatoms. The molecule has 0 aromatic rings. The van der Waals surface area contributed by atoms with Crippen LogP contribution in [0.2, 0.25) is 0 Å². The quantitative estimate of drug-likeness (QED) is 0.326. The molecule has 0 spiro atoms. The lowest BCUT2D eigenvalue weighted by Gasteiger charge is -2.33. The van der Waals surface area contributed by atoms with Crippen molar-refractivity contribution in [2.75, 3.05) is 39.3 Å². The van der Waals surface area contributed by atoms with Crippen molar-refractivity contribution in [2.45, 2.75) is 53.0 Å². The normalized spacial score (nSPS) is 10.1. The molecule has 0 atom stereocenters. The van der Waals surface area contributed by atoms with Gasteiger partial charge in [0, 0.05) is 38.3 Å². The molecular formula is C17H38N6O4. The van der Waals surface area contributed by atoms with Crippen molar-refractivity contribution in [3.05, 3.63) is 0 Å². The Hall–Kier alpha value is -2.23. The Morgan fingerprint density at radius 2 is 1.33 bits per heavy atom. The molecule has 10 nitrogen and oxygen atoms in total. The zero-order chi connectivity index (χ0) is 21.3. The average molecular weight is 391 g/mol. The van der Waals surface area contributed by atoms with Gasteiger partial charge in [-0.15, -0.1) is 0 Å². The summed E-state index contributed by atoms with van der Waals surface area (Å²) in [7, 11) is 0. The molecule has 0 rings (SSSR count). The number of amides is 5. The van der Waals surface area contributed by atoms with Crippen molar-refractivity contribution in [1.82, 2.24) is 26.2 Å². The highest BCUT2D eigenvalue weighted by atomic mass is 16.4. The number of nitrogens with zero attached hydrogens (tertiary/aromatic N) is 1. The molecule has 0 aliphatic heterocycles. The highest BCUT2D eigenvalue weighted by Crippen LogP contribution is 2.13. The fraction of sp³-hybridized carbons (Fsp3) is 0.824. The van der Waals surface area contributed by atoms with Gasteiger partial charge in [-0.05, 0) is 54.0 Å². The topological polar surface area (TPSA) is 149 Å². The second kappa shape index (κ2) is 16.0.